The average Bonchev–Trinajstić information content (AvgIpc) is 2.46. The highest BCUT2D eigenvalue weighted by atomic mass is 35.5. The standard InChI is InChI=1S/C15H18ClN3O2/c1-9(2)15-18-13(16)8-14(19-15)17-11-7-10(20-3)5-6-12(11)21-4/h5-9H,1-4H3,(H,17,18,19). The third kappa shape index (κ3) is 3.76. The zero-order chi connectivity index (χ0) is 15.4. The number of benzene rings is 1. The van der Waals surface area contributed by atoms with E-state index in [1.807, 2.05) is 32.0 Å². The van der Waals surface area contributed by atoms with Crippen LogP contribution in [0.1, 0.15) is 25.6 Å². The summed E-state index contributed by atoms with van der Waals surface area (Å²) in [5.74, 6) is 2.91. The molecular weight excluding hydrogens is 290 g/mol. The highest BCUT2D eigenvalue weighted by Crippen LogP contribution is 2.31. The molecule has 1 N–H and O–H groups in total. The Morgan fingerprint density at radius 2 is 1.86 bits per heavy atom. The number of rotatable bonds is 5. The van der Waals surface area contributed by atoms with Crippen LogP contribution in [0.2, 0.25) is 5.15 Å². The summed E-state index contributed by atoms with van der Waals surface area (Å²) in [6.07, 6.45) is 0. The van der Waals surface area contributed by atoms with Crippen LogP contribution in [0.15, 0.2) is 24.3 Å². The number of ether oxygens (including phenoxy) is 2. The van der Waals surface area contributed by atoms with Gasteiger partial charge in [0.1, 0.15) is 28.3 Å². The summed E-state index contributed by atoms with van der Waals surface area (Å²) < 4.78 is 10.6. The number of methoxy groups -OCH3 is 2. The minimum Gasteiger partial charge on any atom is -0.497 e. The van der Waals surface area contributed by atoms with Crippen LogP contribution in [-0.4, -0.2) is 24.2 Å². The molecule has 0 fully saturated rings. The van der Waals surface area contributed by atoms with Gasteiger partial charge in [-0.3, -0.25) is 0 Å². The van der Waals surface area contributed by atoms with Crippen LogP contribution in [0, 0.1) is 0 Å². The van der Waals surface area contributed by atoms with Gasteiger partial charge in [-0.1, -0.05) is 25.4 Å². The lowest BCUT2D eigenvalue weighted by Crippen LogP contribution is -2.03. The van der Waals surface area contributed by atoms with Gasteiger partial charge in [-0.15, -0.1) is 0 Å². The predicted molar refractivity (Wildman–Crippen MR) is 84.0 cm³/mol. The van der Waals surface area contributed by atoms with Crippen LogP contribution in [0.5, 0.6) is 11.5 Å². The van der Waals surface area contributed by atoms with Gasteiger partial charge in [0.25, 0.3) is 0 Å². The average molecular weight is 308 g/mol. The van der Waals surface area contributed by atoms with Gasteiger partial charge in [-0.25, -0.2) is 9.97 Å². The first-order valence-corrected chi connectivity index (χ1v) is 6.94. The fourth-order valence-electron chi connectivity index (χ4n) is 1.81. The first kappa shape index (κ1) is 15.4. The molecule has 112 valence electrons. The Morgan fingerprint density at radius 3 is 2.48 bits per heavy atom. The molecule has 0 aliphatic heterocycles. The number of anilines is 2. The second kappa shape index (κ2) is 6.63. The van der Waals surface area contributed by atoms with Crippen molar-refractivity contribution in [1.82, 2.24) is 9.97 Å². The molecule has 0 aliphatic carbocycles. The van der Waals surface area contributed by atoms with Gasteiger partial charge in [0.2, 0.25) is 0 Å². The molecule has 0 atom stereocenters. The molecule has 0 radical (unpaired) electrons. The summed E-state index contributed by atoms with van der Waals surface area (Å²) in [7, 11) is 3.23. The number of aromatic nitrogens is 2. The molecule has 2 aromatic rings. The van der Waals surface area contributed by atoms with Gasteiger partial charge < -0.3 is 14.8 Å². The lowest BCUT2D eigenvalue weighted by atomic mass is 10.2. The van der Waals surface area contributed by atoms with E-state index in [4.69, 9.17) is 21.1 Å². The largest absolute Gasteiger partial charge is 0.497 e. The van der Waals surface area contributed by atoms with Crippen molar-refractivity contribution in [2.75, 3.05) is 19.5 Å². The van der Waals surface area contributed by atoms with Gasteiger partial charge in [-0.2, -0.15) is 0 Å². The van der Waals surface area contributed by atoms with Crippen molar-refractivity contribution in [3.05, 3.63) is 35.2 Å². The second-order valence-corrected chi connectivity index (χ2v) is 5.17. The molecule has 0 saturated heterocycles. The van der Waals surface area contributed by atoms with Gasteiger partial charge in [-0.05, 0) is 12.1 Å². The van der Waals surface area contributed by atoms with Crippen LogP contribution in [0.25, 0.3) is 0 Å². The molecule has 0 unspecified atom stereocenters. The Morgan fingerprint density at radius 1 is 1.10 bits per heavy atom. The van der Waals surface area contributed by atoms with Crippen LogP contribution in [0.4, 0.5) is 11.5 Å². The Bertz CT molecular complexity index is 632. The summed E-state index contributed by atoms with van der Waals surface area (Å²) in [6, 6.07) is 7.17. The number of halogens is 1. The smallest absolute Gasteiger partial charge is 0.142 e. The van der Waals surface area contributed by atoms with E-state index in [-0.39, 0.29) is 5.92 Å². The maximum atomic E-state index is 6.05. The van der Waals surface area contributed by atoms with Gasteiger partial charge in [0.05, 0.1) is 19.9 Å². The Kier molecular flexibility index (Phi) is 4.85. The maximum absolute atomic E-state index is 6.05. The van der Waals surface area contributed by atoms with Crippen LogP contribution in [-0.2, 0) is 0 Å². The first-order chi connectivity index (χ1) is 10.0. The molecule has 0 amide bonds. The van der Waals surface area contributed by atoms with Crippen molar-refractivity contribution < 1.29 is 9.47 Å². The van der Waals surface area contributed by atoms with Crippen molar-refractivity contribution in [2.45, 2.75) is 19.8 Å². The summed E-state index contributed by atoms with van der Waals surface area (Å²) in [5.41, 5.74) is 0.751. The van der Waals surface area contributed by atoms with Crippen molar-refractivity contribution in [1.29, 1.82) is 0 Å². The highest BCUT2D eigenvalue weighted by molar-refractivity contribution is 6.29. The first-order valence-electron chi connectivity index (χ1n) is 6.57. The fourth-order valence-corrected chi connectivity index (χ4v) is 2.00. The van der Waals surface area contributed by atoms with E-state index in [9.17, 15) is 0 Å². The zero-order valence-corrected chi connectivity index (χ0v) is 13.2. The lowest BCUT2D eigenvalue weighted by Gasteiger charge is -2.13. The molecule has 2 rings (SSSR count). The van der Waals surface area contributed by atoms with E-state index in [0.29, 0.717) is 22.5 Å². The zero-order valence-electron chi connectivity index (χ0n) is 12.5. The predicted octanol–water partition coefficient (Wildman–Crippen LogP) is 4.01. The Hall–Kier alpha value is -2.01. The molecule has 0 bridgehead atoms. The van der Waals surface area contributed by atoms with Crippen LogP contribution < -0.4 is 14.8 Å². The van der Waals surface area contributed by atoms with Crippen molar-refractivity contribution in [3.63, 3.8) is 0 Å². The van der Waals surface area contributed by atoms with E-state index in [1.165, 1.54) is 0 Å². The second-order valence-electron chi connectivity index (χ2n) is 4.78. The molecule has 1 aromatic heterocycles. The molecule has 1 heterocycles. The quantitative estimate of drug-likeness (QED) is 0.846. The molecule has 0 spiro atoms. The van der Waals surface area contributed by atoms with Crippen molar-refractivity contribution >= 4 is 23.1 Å². The fraction of sp³-hybridized carbons (Fsp3) is 0.333. The third-order valence-corrected chi connectivity index (χ3v) is 3.09. The molecule has 0 saturated carbocycles. The highest BCUT2D eigenvalue weighted by Gasteiger charge is 2.10. The monoisotopic (exact) mass is 307 g/mol. The van der Waals surface area contributed by atoms with Crippen molar-refractivity contribution in [2.24, 2.45) is 0 Å². The third-order valence-electron chi connectivity index (χ3n) is 2.90. The van der Waals surface area contributed by atoms with Gasteiger partial charge in [0, 0.05) is 18.1 Å². The maximum Gasteiger partial charge on any atom is 0.142 e. The van der Waals surface area contributed by atoms with E-state index in [0.717, 1.165) is 11.4 Å². The normalized spacial score (nSPS) is 10.6. The molecule has 6 heteroatoms. The van der Waals surface area contributed by atoms with E-state index in [1.54, 1.807) is 20.3 Å². The van der Waals surface area contributed by atoms with Gasteiger partial charge >= 0.3 is 0 Å². The molecule has 5 nitrogen and oxygen atoms in total. The minimum atomic E-state index is 0.191. The Balaban J connectivity index is 2.37. The van der Waals surface area contributed by atoms with E-state index >= 15 is 0 Å². The number of nitrogens with one attached hydrogen (secondary N) is 1. The van der Waals surface area contributed by atoms with E-state index < -0.39 is 0 Å². The van der Waals surface area contributed by atoms with Crippen molar-refractivity contribution in [3.8, 4) is 11.5 Å². The van der Waals surface area contributed by atoms with Crippen LogP contribution >= 0.6 is 11.6 Å². The minimum absolute atomic E-state index is 0.191. The number of nitrogens with zero attached hydrogens (tertiary/aromatic N) is 2. The number of hydrogen-bond donors (Lipinski definition) is 1. The summed E-state index contributed by atoms with van der Waals surface area (Å²) in [5, 5.41) is 3.59. The summed E-state index contributed by atoms with van der Waals surface area (Å²) >= 11 is 6.05. The number of hydrogen-bond acceptors (Lipinski definition) is 5. The van der Waals surface area contributed by atoms with Gasteiger partial charge in [0.15, 0.2) is 0 Å². The van der Waals surface area contributed by atoms with Crippen LogP contribution in [0.3, 0.4) is 0 Å². The SMILES string of the molecule is COc1ccc(OC)c(Nc2cc(Cl)nc(C(C)C)n2)c1. The topological polar surface area (TPSA) is 56.3 Å². The lowest BCUT2D eigenvalue weighted by molar-refractivity contribution is 0.405. The summed E-state index contributed by atoms with van der Waals surface area (Å²) in [4.78, 5) is 8.67. The Labute approximate surface area is 129 Å². The summed E-state index contributed by atoms with van der Waals surface area (Å²) in [6.45, 7) is 4.03. The molecule has 1 aromatic carbocycles. The molecule has 21 heavy (non-hydrogen) atoms. The molecular formula is C15H18ClN3O2. The molecule has 0 aliphatic rings. The van der Waals surface area contributed by atoms with E-state index in [2.05, 4.69) is 15.3 Å².